The summed E-state index contributed by atoms with van der Waals surface area (Å²) in [5.41, 5.74) is 2.21. The van der Waals surface area contributed by atoms with Gasteiger partial charge in [-0.25, -0.2) is 0 Å². The van der Waals surface area contributed by atoms with Crippen molar-refractivity contribution < 1.29 is 14.4 Å². The van der Waals surface area contributed by atoms with Crippen molar-refractivity contribution in [1.82, 2.24) is 15.1 Å². The van der Waals surface area contributed by atoms with E-state index in [0.717, 1.165) is 18.0 Å². The average Bonchev–Trinajstić information content (AvgIpc) is 3.33. The monoisotopic (exact) mass is 377 g/mol. The molecule has 2 heterocycles. The van der Waals surface area contributed by atoms with Crippen molar-refractivity contribution in [2.24, 2.45) is 0 Å². The van der Waals surface area contributed by atoms with Crippen molar-refractivity contribution in [1.29, 1.82) is 0 Å². The van der Waals surface area contributed by atoms with Gasteiger partial charge < -0.3 is 5.32 Å². The van der Waals surface area contributed by atoms with Crippen molar-refractivity contribution in [2.75, 3.05) is 26.7 Å². The number of imide groups is 1. The second-order valence-corrected chi connectivity index (χ2v) is 7.31. The van der Waals surface area contributed by atoms with E-state index < -0.39 is 0 Å². The second kappa shape index (κ2) is 7.56. The Hall–Kier alpha value is -2.99. The SMILES string of the molecule is CN1C(=O)c2ccc(C(=O)NC[C@H](c3ccccc3)N3CCCC3)cc2C1=O. The normalized spacial score (nSPS) is 17.7. The third-order valence-corrected chi connectivity index (χ3v) is 5.57. The van der Waals surface area contributed by atoms with E-state index in [2.05, 4.69) is 22.3 Å². The third kappa shape index (κ3) is 3.31. The van der Waals surface area contributed by atoms with E-state index in [1.807, 2.05) is 18.2 Å². The van der Waals surface area contributed by atoms with Crippen LogP contribution in [0.1, 0.15) is 55.5 Å². The molecule has 0 aromatic heterocycles. The van der Waals surface area contributed by atoms with Gasteiger partial charge in [-0.1, -0.05) is 30.3 Å². The molecule has 2 aliphatic heterocycles. The Balaban J connectivity index is 1.50. The number of nitrogens with one attached hydrogen (secondary N) is 1. The van der Waals surface area contributed by atoms with E-state index in [9.17, 15) is 14.4 Å². The molecule has 2 aromatic rings. The molecule has 3 amide bonds. The molecule has 0 unspecified atom stereocenters. The lowest BCUT2D eigenvalue weighted by Crippen LogP contribution is -2.36. The highest BCUT2D eigenvalue weighted by atomic mass is 16.2. The maximum absolute atomic E-state index is 12.7. The summed E-state index contributed by atoms with van der Waals surface area (Å²) in [5.74, 6) is -0.934. The maximum atomic E-state index is 12.7. The lowest BCUT2D eigenvalue weighted by atomic mass is 10.0. The van der Waals surface area contributed by atoms with Gasteiger partial charge in [0.2, 0.25) is 0 Å². The van der Waals surface area contributed by atoms with E-state index in [1.54, 1.807) is 12.1 Å². The number of carbonyl (C=O) groups excluding carboxylic acids is 3. The molecule has 1 fully saturated rings. The Labute approximate surface area is 164 Å². The first-order valence-corrected chi connectivity index (χ1v) is 9.60. The molecule has 1 N–H and O–H groups in total. The molecule has 4 rings (SSSR count). The predicted octanol–water partition coefficient (Wildman–Crippen LogP) is 2.48. The van der Waals surface area contributed by atoms with Crippen molar-refractivity contribution in [3.05, 3.63) is 70.8 Å². The van der Waals surface area contributed by atoms with Gasteiger partial charge in [-0.05, 0) is 49.7 Å². The van der Waals surface area contributed by atoms with Gasteiger partial charge in [-0.3, -0.25) is 24.2 Å². The zero-order valence-corrected chi connectivity index (χ0v) is 15.9. The summed E-state index contributed by atoms with van der Waals surface area (Å²) < 4.78 is 0. The molecule has 1 atom stereocenters. The highest BCUT2D eigenvalue weighted by molar-refractivity contribution is 6.21. The molecule has 0 bridgehead atoms. The molecule has 28 heavy (non-hydrogen) atoms. The lowest BCUT2D eigenvalue weighted by Gasteiger charge is -2.28. The Bertz CT molecular complexity index is 920. The predicted molar refractivity (Wildman–Crippen MR) is 105 cm³/mol. The number of likely N-dealkylation sites (tertiary alicyclic amines) is 1. The smallest absolute Gasteiger partial charge is 0.261 e. The number of hydrogen-bond donors (Lipinski definition) is 1. The molecule has 0 spiro atoms. The summed E-state index contributed by atoms with van der Waals surface area (Å²) in [4.78, 5) is 40.4. The van der Waals surface area contributed by atoms with Crippen molar-refractivity contribution in [3.8, 4) is 0 Å². The molecule has 144 valence electrons. The molecule has 6 heteroatoms. The molecule has 2 aliphatic rings. The molecule has 0 aliphatic carbocycles. The third-order valence-electron chi connectivity index (χ3n) is 5.57. The van der Waals surface area contributed by atoms with Crippen LogP contribution in [0.3, 0.4) is 0 Å². The Morgan fingerprint density at radius 2 is 1.68 bits per heavy atom. The van der Waals surface area contributed by atoms with Gasteiger partial charge in [-0.2, -0.15) is 0 Å². The van der Waals surface area contributed by atoms with Crippen LogP contribution in [-0.4, -0.2) is 54.2 Å². The fraction of sp³-hybridized carbons (Fsp3) is 0.318. The van der Waals surface area contributed by atoms with E-state index in [4.69, 9.17) is 0 Å². The molecule has 1 saturated heterocycles. The quantitative estimate of drug-likeness (QED) is 0.813. The average molecular weight is 377 g/mol. The van der Waals surface area contributed by atoms with Crippen LogP contribution in [0.2, 0.25) is 0 Å². The van der Waals surface area contributed by atoms with Gasteiger partial charge in [-0.15, -0.1) is 0 Å². The molecule has 2 aromatic carbocycles. The van der Waals surface area contributed by atoms with E-state index in [-0.39, 0.29) is 23.8 Å². The molecule has 6 nitrogen and oxygen atoms in total. The van der Waals surface area contributed by atoms with Gasteiger partial charge in [0.1, 0.15) is 0 Å². The van der Waals surface area contributed by atoms with Gasteiger partial charge in [0.15, 0.2) is 0 Å². The van der Waals surface area contributed by atoms with E-state index >= 15 is 0 Å². The topological polar surface area (TPSA) is 69.7 Å². The molecular weight excluding hydrogens is 354 g/mol. The van der Waals surface area contributed by atoms with Crippen LogP contribution in [0.4, 0.5) is 0 Å². The number of fused-ring (bicyclic) bond motifs is 1. The zero-order chi connectivity index (χ0) is 19.7. The molecule has 0 saturated carbocycles. The van der Waals surface area contributed by atoms with Crippen LogP contribution in [0.5, 0.6) is 0 Å². The summed E-state index contributed by atoms with van der Waals surface area (Å²) in [6, 6.07) is 15.0. The van der Waals surface area contributed by atoms with Gasteiger partial charge in [0.05, 0.1) is 17.2 Å². The first-order chi connectivity index (χ1) is 13.6. The maximum Gasteiger partial charge on any atom is 0.261 e. The number of hydrogen-bond acceptors (Lipinski definition) is 4. The number of amides is 3. The fourth-order valence-electron chi connectivity index (χ4n) is 3.98. The minimum atomic E-state index is -0.367. The summed E-state index contributed by atoms with van der Waals surface area (Å²) in [7, 11) is 1.45. The Morgan fingerprint density at radius 3 is 2.39 bits per heavy atom. The summed E-state index contributed by atoms with van der Waals surface area (Å²) in [6.45, 7) is 2.54. The number of carbonyl (C=O) groups is 3. The lowest BCUT2D eigenvalue weighted by molar-refractivity contribution is 0.0693. The van der Waals surface area contributed by atoms with Crippen molar-refractivity contribution >= 4 is 17.7 Å². The minimum absolute atomic E-state index is 0.122. The molecular formula is C22H23N3O3. The zero-order valence-electron chi connectivity index (χ0n) is 15.9. The minimum Gasteiger partial charge on any atom is -0.350 e. The molecule has 0 radical (unpaired) electrons. The second-order valence-electron chi connectivity index (χ2n) is 7.31. The first-order valence-electron chi connectivity index (χ1n) is 9.60. The van der Waals surface area contributed by atoms with Crippen LogP contribution in [-0.2, 0) is 0 Å². The first kappa shape index (κ1) is 18.4. The number of rotatable bonds is 5. The van der Waals surface area contributed by atoms with E-state index in [1.165, 1.54) is 31.5 Å². The summed E-state index contributed by atoms with van der Waals surface area (Å²) in [6.07, 6.45) is 2.34. The van der Waals surface area contributed by atoms with E-state index in [0.29, 0.717) is 23.2 Å². The van der Waals surface area contributed by atoms with Gasteiger partial charge >= 0.3 is 0 Å². The fourth-order valence-corrected chi connectivity index (χ4v) is 3.98. The van der Waals surface area contributed by atoms with Gasteiger partial charge in [0.25, 0.3) is 17.7 Å². The van der Waals surface area contributed by atoms with Crippen LogP contribution in [0, 0.1) is 0 Å². The summed E-state index contributed by atoms with van der Waals surface area (Å²) >= 11 is 0. The Kier molecular flexibility index (Phi) is 4.96. The van der Waals surface area contributed by atoms with Gasteiger partial charge in [0, 0.05) is 19.2 Å². The van der Waals surface area contributed by atoms with Crippen molar-refractivity contribution in [2.45, 2.75) is 18.9 Å². The summed E-state index contributed by atoms with van der Waals surface area (Å²) in [5, 5.41) is 3.01. The van der Waals surface area contributed by atoms with Crippen LogP contribution in [0.15, 0.2) is 48.5 Å². The van der Waals surface area contributed by atoms with Crippen molar-refractivity contribution in [3.63, 3.8) is 0 Å². The van der Waals surface area contributed by atoms with Crippen LogP contribution in [0.25, 0.3) is 0 Å². The number of nitrogens with zero attached hydrogens (tertiary/aromatic N) is 2. The largest absolute Gasteiger partial charge is 0.350 e. The van der Waals surface area contributed by atoms with Crippen LogP contribution < -0.4 is 5.32 Å². The highest BCUT2D eigenvalue weighted by Gasteiger charge is 2.33. The van der Waals surface area contributed by atoms with Crippen LogP contribution >= 0.6 is 0 Å². The Morgan fingerprint density at radius 1 is 1.00 bits per heavy atom. The number of benzene rings is 2. The highest BCUT2D eigenvalue weighted by Crippen LogP contribution is 2.25. The standard InChI is InChI=1S/C22H23N3O3/c1-24-21(27)17-10-9-16(13-18(17)22(24)28)20(26)23-14-19(25-11-5-6-12-25)15-7-3-2-4-8-15/h2-4,7-10,13,19H,5-6,11-12,14H2,1H3,(H,23,26)/t19-/m1/s1.